The first-order valence-corrected chi connectivity index (χ1v) is 40.5. The third-order valence-corrected chi connectivity index (χ3v) is 18.6. The monoisotopic (exact) mass is 1340 g/mol. The minimum Gasteiger partial charge on any atom is -0.462 e. The number of hydrogen-bond acceptors (Lipinski definition) is 15. The third kappa shape index (κ3) is 66.5. The molecule has 0 bridgehead atoms. The van der Waals surface area contributed by atoms with E-state index in [4.69, 9.17) is 37.0 Å². The van der Waals surface area contributed by atoms with Crippen LogP contribution in [0.5, 0.6) is 0 Å². The van der Waals surface area contributed by atoms with Crippen LogP contribution in [0, 0.1) is 11.8 Å². The van der Waals surface area contributed by atoms with Crippen LogP contribution in [0.2, 0.25) is 0 Å². The lowest BCUT2D eigenvalue weighted by Gasteiger charge is -2.21. The van der Waals surface area contributed by atoms with Gasteiger partial charge in [-0.1, -0.05) is 318 Å². The molecule has 3 N–H and O–H groups in total. The molecule has 0 saturated carbocycles. The molecule has 0 aromatic carbocycles. The number of esters is 4. The normalized spacial score (nSPS) is 14.1. The highest BCUT2D eigenvalue weighted by atomic mass is 31.2. The molecule has 0 aliphatic rings. The largest absolute Gasteiger partial charge is 0.472 e. The Morgan fingerprint density at radius 3 is 0.747 bits per heavy atom. The summed E-state index contributed by atoms with van der Waals surface area (Å²) in [4.78, 5) is 72.4. The molecule has 91 heavy (non-hydrogen) atoms. The molecule has 0 aliphatic carbocycles. The molecule has 0 heterocycles. The smallest absolute Gasteiger partial charge is 0.462 e. The van der Waals surface area contributed by atoms with Crippen LogP contribution < -0.4 is 0 Å². The third-order valence-electron chi connectivity index (χ3n) is 16.7. The molecule has 17 nitrogen and oxygen atoms in total. The average Bonchev–Trinajstić information content (AvgIpc) is 1.97. The maximum atomic E-state index is 13.0. The van der Waals surface area contributed by atoms with Gasteiger partial charge in [0.05, 0.1) is 26.4 Å². The quantitative estimate of drug-likeness (QED) is 0.0222. The van der Waals surface area contributed by atoms with Crippen molar-refractivity contribution in [2.75, 3.05) is 39.6 Å². The number of phosphoric acid groups is 2. The Morgan fingerprint density at radius 2 is 0.505 bits per heavy atom. The highest BCUT2D eigenvalue weighted by Gasteiger charge is 2.30. The van der Waals surface area contributed by atoms with E-state index < -0.39 is 97.5 Å². The van der Waals surface area contributed by atoms with Gasteiger partial charge in [0.15, 0.2) is 12.2 Å². The Hall–Kier alpha value is -1.94. The van der Waals surface area contributed by atoms with Crippen molar-refractivity contribution in [1.29, 1.82) is 0 Å². The van der Waals surface area contributed by atoms with Gasteiger partial charge in [-0.05, 0) is 37.5 Å². The van der Waals surface area contributed by atoms with Crippen LogP contribution in [0.3, 0.4) is 0 Å². The van der Waals surface area contributed by atoms with Gasteiger partial charge in [0.2, 0.25) is 0 Å². The standard InChI is InChI=1S/C72H140O17P2/c1-7-9-11-13-15-17-18-19-20-21-22-23-24-25-26-27-28-29-31-37-44-50-56-71(76)88-67(61-83-70(75)55-49-43-38-32-34-40-46-52-64(3)4)62-86-90(78,79)84-58-66(73)59-85-91(80,81)87-63-68(60-82-69(74)54-48-42-36-30-16-14-12-10-8-2)89-72(77)57-51-45-39-33-35-41-47-53-65(5)6/h64-68,73H,7-63H2,1-6H3,(H,78,79)(H,80,81)/t66-,67-,68-/m1/s1. The van der Waals surface area contributed by atoms with Crippen molar-refractivity contribution in [3.8, 4) is 0 Å². The maximum absolute atomic E-state index is 13.0. The predicted octanol–water partition coefficient (Wildman–Crippen LogP) is 20.8. The maximum Gasteiger partial charge on any atom is 0.472 e. The number of phosphoric ester groups is 2. The van der Waals surface area contributed by atoms with Crippen molar-refractivity contribution < 1.29 is 80.2 Å². The Kier molecular flexibility index (Phi) is 62.7. The second kappa shape index (κ2) is 64.1. The Morgan fingerprint density at radius 1 is 0.297 bits per heavy atom. The zero-order valence-corrected chi connectivity index (χ0v) is 60.9. The topological polar surface area (TPSA) is 237 Å². The van der Waals surface area contributed by atoms with Gasteiger partial charge >= 0.3 is 39.5 Å². The molecule has 0 aliphatic heterocycles. The van der Waals surface area contributed by atoms with E-state index in [0.29, 0.717) is 37.5 Å². The molecule has 0 aromatic rings. The second-order valence-electron chi connectivity index (χ2n) is 26.9. The molecular weight excluding hydrogens is 1200 g/mol. The Bertz CT molecular complexity index is 1770. The molecule has 0 saturated heterocycles. The van der Waals surface area contributed by atoms with E-state index >= 15 is 0 Å². The summed E-state index contributed by atoms with van der Waals surface area (Å²) in [5, 5.41) is 10.6. The van der Waals surface area contributed by atoms with Gasteiger partial charge in [0.25, 0.3) is 0 Å². The zero-order valence-electron chi connectivity index (χ0n) is 59.1. The van der Waals surface area contributed by atoms with Gasteiger partial charge in [0.1, 0.15) is 19.3 Å². The van der Waals surface area contributed by atoms with E-state index in [1.165, 1.54) is 180 Å². The van der Waals surface area contributed by atoms with Crippen molar-refractivity contribution in [3.05, 3.63) is 0 Å². The fourth-order valence-corrected chi connectivity index (χ4v) is 12.5. The molecule has 0 amide bonds. The number of unbranched alkanes of at least 4 members (excludes halogenated alkanes) is 41. The highest BCUT2D eigenvalue weighted by Crippen LogP contribution is 2.45. The molecule has 2 unspecified atom stereocenters. The van der Waals surface area contributed by atoms with Gasteiger partial charge in [-0.15, -0.1) is 0 Å². The van der Waals surface area contributed by atoms with E-state index in [1.54, 1.807) is 0 Å². The van der Waals surface area contributed by atoms with Gasteiger partial charge in [-0.25, -0.2) is 9.13 Å². The molecular formula is C72H140O17P2. The Balaban J connectivity index is 5.12. The number of rotatable bonds is 71. The summed E-state index contributed by atoms with van der Waals surface area (Å²) >= 11 is 0. The summed E-state index contributed by atoms with van der Waals surface area (Å²) in [6.07, 6.45) is 50.4. The van der Waals surface area contributed by atoms with Crippen molar-refractivity contribution in [1.82, 2.24) is 0 Å². The predicted molar refractivity (Wildman–Crippen MR) is 368 cm³/mol. The summed E-state index contributed by atoms with van der Waals surface area (Å²) in [6, 6.07) is 0. The summed E-state index contributed by atoms with van der Waals surface area (Å²) in [7, 11) is -9.90. The van der Waals surface area contributed by atoms with Crippen molar-refractivity contribution >= 4 is 39.5 Å². The van der Waals surface area contributed by atoms with E-state index in [1.807, 2.05) is 0 Å². The van der Waals surface area contributed by atoms with Gasteiger partial charge < -0.3 is 33.8 Å². The van der Waals surface area contributed by atoms with Gasteiger partial charge in [-0.2, -0.15) is 0 Å². The summed E-state index contributed by atoms with van der Waals surface area (Å²) in [5.41, 5.74) is 0. The van der Waals surface area contributed by atoms with E-state index in [9.17, 15) is 43.2 Å². The van der Waals surface area contributed by atoms with Gasteiger partial charge in [0, 0.05) is 25.7 Å². The van der Waals surface area contributed by atoms with Crippen LogP contribution >= 0.6 is 15.6 Å². The van der Waals surface area contributed by atoms with Crippen LogP contribution in [0.4, 0.5) is 0 Å². The number of aliphatic hydroxyl groups is 1. The number of hydrogen-bond donors (Lipinski definition) is 3. The first-order chi connectivity index (χ1) is 43.9. The minimum atomic E-state index is -4.95. The highest BCUT2D eigenvalue weighted by molar-refractivity contribution is 7.47. The van der Waals surface area contributed by atoms with Crippen LogP contribution in [-0.4, -0.2) is 96.7 Å². The Labute approximate surface area is 556 Å². The van der Waals surface area contributed by atoms with E-state index in [2.05, 4.69) is 41.5 Å². The van der Waals surface area contributed by atoms with Crippen LogP contribution in [0.1, 0.15) is 369 Å². The lowest BCUT2D eigenvalue weighted by molar-refractivity contribution is -0.161. The number of ether oxygens (including phenoxy) is 4. The molecule has 540 valence electrons. The second-order valence-corrected chi connectivity index (χ2v) is 29.8. The average molecular weight is 1340 g/mol. The van der Waals surface area contributed by atoms with Crippen LogP contribution in [0.15, 0.2) is 0 Å². The zero-order chi connectivity index (χ0) is 67.2. The van der Waals surface area contributed by atoms with Crippen molar-refractivity contribution in [2.45, 2.75) is 387 Å². The lowest BCUT2D eigenvalue weighted by Crippen LogP contribution is -2.30. The molecule has 19 heteroatoms. The molecule has 0 aromatic heterocycles. The molecule has 0 fully saturated rings. The fourth-order valence-electron chi connectivity index (χ4n) is 10.9. The summed E-state index contributed by atoms with van der Waals surface area (Å²) < 4.78 is 68.2. The lowest BCUT2D eigenvalue weighted by atomic mass is 10.0. The van der Waals surface area contributed by atoms with Crippen LogP contribution in [0.25, 0.3) is 0 Å². The molecule has 5 atom stereocenters. The van der Waals surface area contributed by atoms with E-state index in [-0.39, 0.29) is 25.7 Å². The number of carbonyl (C=O) groups is 4. The first kappa shape index (κ1) is 89.1. The summed E-state index contributed by atoms with van der Waals surface area (Å²) in [6.45, 7) is 9.42. The number of aliphatic hydroxyl groups excluding tert-OH is 1. The SMILES string of the molecule is CCCCCCCCCCCCCCCCCCCCCCCCC(=O)O[C@H](COC(=O)CCCCCCCCCC(C)C)COP(=O)(O)OC[C@@H](O)COP(=O)(O)OC[C@@H](COC(=O)CCCCCCCCCCC)OC(=O)CCCCCCCCCC(C)C. The van der Waals surface area contributed by atoms with Crippen LogP contribution in [-0.2, 0) is 65.4 Å². The van der Waals surface area contributed by atoms with Gasteiger partial charge in [-0.3, -0.25) is 37.3 Å². The first-order valence-electron chi connectivity index (χ1n) is 37.5. The molecule has 0 spiro atoms. The number of carbonyl (C=O) groups excluding carboxylic acids is 4. The minimum absolute atomic E-state index is 0.103. The molecule has 0 radical (unpaired) electrons. The van der Waals surface area contributed by atoms with E-state index in [0.717, 1.165) is 96.3 Å². The van der Waals surface area contributed by atoms with Crippen molar-refractivity contribution in [3.63, 3.8) is 0 Å². The molecule has 0 rings (SSSR count). The van der Waals surface area contributed by atoms with Crippen molar-refractivity contribution in [2.24, 2.45) is 11.8 Å². The fraction of sp³-hybridized carbons (Fsp3) is 0.944. The summed E-state index contributed by atoms with van der Waals surface area (Å²) in [5.74, 6) is -0.728.